The van der Waals surface area contributed by atoms with E-state index in [-0.39, 0.29) is 18.3 Å². The number of carbonyl (C=O) groups excluding carboxylic acids is 1. The topological polar surface area (TPSA) is 41.6 Å². The second-order valence-corrected chi connectivity index (χ2v) is 5.08. The van der Waals surface area contributed by atoms with Gasteiger partial charge in [-0.2, -0.15) is 0 Å². The Bertz CT molecular complexity index is 241. The summed E-state index contributed by atoms with van der Waals surface area (Å²) in [6.45, 7) is 4.00. The lowest BCUT2D eigenvalue weighted by atomic mass is 10.1. The molecule has 2 rings (SSSR count). The molecule has 1 N–H and O–H groups in total. The molecule has 1 saturated carbocycles. The van der Waals surface area contributed by atoms with E-state index in [0.717, 1.165) is 38.6 Å². The largest absolute Gasteiger partial charge is 0.381 e. The molecule has 17 heavy (non-hydrogen) atoms. The van der Waals surface area contributed by atoms with E-state index >= 15 is 0 Å². The van der Waals surface area contributed by atoms with Gasteiger partial charge in [-0.25, -0.2) is 0 Å². The van der Waals surface area contributed by atoms with Gasteiger partial charge in [0, 0.05) is 26.1 Å². The van der Waals surface area contributed by atoms with Crippen molar-refractivity contribution in [3.63, 3.8) is 0 Å². The molecule has 0 spiro atoms. The molecule has 2 fully saturated rings. The van der Waals surface area contributed by atoms with E-state index < -0.39 is 0 Å². The predicted molar refractivity (Wildman–Crippen MR) is 69.4 cm³/mol. The van der Waals surface area contributed by atoms with Crippen molar-refractivity contribution in [2.45, 2.75) is 19.3 Å². The molecular weight excluding hydrogens is 240 g/mol. The summed E-state index contributed by atoms with van der Waals surface area (Å²) >= 11 is 0. The number of hydrogen-bond donors (Lipinski definition) is 1. The minimum atomic E-state index is 0. The number of ether oxygens (including phenoxy) is 1. The molecule has 1 atom stereocenters. The van der Waals surface area contributed by atoms with E-state index in [2.05, 4.69) is 5.32 Å². The van der Waals surface area contributed by atoms with Crippen LogP contribution in [0.25, 0.3) is 0 Å². The number of carbonyl (C=O) groups is 1. The van der Waals surface area contributed by atoms with Crippen molar-refractivity contribution in [2.75, 3.05) is 39.9 Å². The molecule has 1 heterocycles. The molecule has 0 aromatic rings. The fourth-order valence-corrected chi connectivity index (χ4v) is 2.06. The molecule has 1 amide bonds. The number of nitrogens with one attached hydrogen (secondary N) is 1. The fraction of sp³-hybridized carbons (Fsp3) is 0.917. The summed E-state index contributed by atoms with van der Waals surface area (Å²) in [5.74, 6) is 1.58. The molecule has 4 nitrogen and oxygen atoms in total. The lowest BCUT2D eigenvalue weighted by molar-refractivity contribution is -0.129. The summed E-state index contributed by atoms with van der Waals surface area (Å²) in [7, 11) is 1.89. The molecular formula is C12H23ClN2O2. The number of hydrogen-bond acceptors (Lipinski definition) is 3. The van der Waals surface area contributed by atoms with Crippen LogP contribution in [0.3, 0.4) is 0 Å². The van der Waals surface area contributed by atoms with Gasteiger partial charge in [0.1, 0.15) is 0 Å². The standard InChI is InChI=1S/C12H22N2O2.ClH/c1-14(8-11-4-5-16-9-11)12(15)7-13-6-10-2-3-10;/h10-11,13H,2-9H2,1H3;1H. The first-order chi connectivity index (χ1) is 7.75. The number of halogens is 1. The van der Waals surface area contributed by atoms with Crippen molar-refractivity contribution in [3.8, 4) is 0 Å². The van der Waals surface area contributed by atoms with Crippen molar-refractivity contribution in [3.05, 3.63) is 0 Å². The second-order valence-electron chi connectivity index (χ2n) is 5.08. The Morgan fingerprint density at radius 1 is 1.35 bits per heavy atom. The molecule has 1 saturated heterocycles. The maximum absolute atomic E-state index is 11.8. The van der Waals surface area contributed by atoms with Crippen LogP contribution in [0.2, 0.25) is 0 Å². The number of rotatable bonds is 6. The summed E-state index contributed by atoms with van der Waals surface area (Å²) in [6, 6.07) is 0. The zero-order valence-corrected chi connectivity index (χ0v) is 11.3. The Hall–Kier alpha value is -0.320. The molecule has 1 unspecified atom stereocenters. The second kappa shape index (κ2) is 7.19. The van der Waals surface area contributed by atoms with Crippen molar-refractivity contribution in [1.82, 2.24) is 10.2 Å². The monoisotopic (exact) mass is 262 g/mol. The highest BCUT2D eigenvalue weighted by atomic mass is 35.5. The predicted octanol–water partition coefficient (Wildman–Crippen LogP) is 0.903. The van der Waals surface area contributed by atoms with Gasteiger partial charge in [0.15, 0.2) is 0 Å². The zero-order valence-electron chi connectivity index (χ0n) is 10.5. The Kier molecular flexibility index (Phi) is 6.23. The Labute approximate surface area is 109 Å². The van der Waals surface area contributed by atoms with Crippen LogP contribution < -0.4 is 5.32 Å². The molecule has 100 valence electrons. The van der Waals surface area contributed by atoms with Crippen LogP contribution in [0.1, 0.15) is 19.3 Å². The lowest BCUT2D eigenvalue weighted by Crippen LogP contribution is -2.38. The van der Waals surface area contributed by atoms with Crippen molar-refractivity contribution < 1.29 is 9.53 Å². The Morgan fingerprint density at radius 2 is 2.12 bits per heavy atom. The maximum atomic E-state index is 11.8. The first-order valence-corrected chi connectivity index (χ1v) is 6.28. The smallest absolute Gasteiger partial charge is 0.236 e. The third kappa shape index (κ3) is 5.23. The summed E-state index contributed by atoms with van der Waals surface area (Å²) in [4.78, 5) is 13.6. The SMILES string of the molecule is CN(CC1CCOC1)C(=O)CNCC1CC1.Cl. The van der Waals surface area contributed by atoms with Crippen molar-refractivity contribution in [1.29, 1.82) is 0 Å². The maximum Gasteiger partial charge on any atom is 0.236 e. The van der Waals surface area contributed by atoms with Crippen LogP contribution in [0.15, 0.2) is 0 Å². The van der Waals surface area contributed by atoms with Gasteiger partial charge in [0.05, 0.1) is 13.2 Å². The van der Waals surface area contributed by atoms with Gasteiger partial charge in [-0.15, -0.1) is 12.4 Å². The minimum Gasteiger partial charge on any atom is -0.381 e. The molecule has 0 aromatic heterocycles. The molecule has 0 bridgehead atoms. The summed E-state index contributed by atoms with van der Waals surface area (Å²) in [5.41, 5.74) is 0. The highest BCUT2D eigenvalue weighted by Gasteiger charge is 2.22. The Morgan fingerprint density at radius 3 is 2.71 bits per heavy atom. The normalized spacial score (nSPS) is 23.2. The fourth-order valence-electron chi connectivity index (χ4n) is 2.06. The molecule has 1 aliphatic carbocycles. The molecule has 5 heteroatoms. The van der Waals surface area contributed by atoms with Gasteiger partial charge in [0.25, 0.3) is 0 Å². The third-order valence-electron chi connectivity index (χ3n) is 3.39. The van der Waals surface area contributed by atoms with Crippen LogP contribution in [0, 0.1) is 11.8 Å². The van der Waals surface area contributed by atoms with Gasteiger partial charge in [-0.05, 0) is 31.7 Å². The number of amides is 1. The zero-order chi connectivity index (χ0) is 11.4. The average molecular weight is 263 g/mol. The molecule has 1 aliphatic heterocycles. The number of likely N-dealkylation sites (N-methyl/N-ethyl adjacent to an activating group) is 1. The summed E-state index contributed by atoms with van der Waals surface area (Å²) < 4.78 is 5.30. The third-order valence-corrected chi connectivity index (χ3v) is 3.39. The van der Waals surface area contributed by atoms with E-state index in [9.17, 15) is 4.79 Å². The van der Waals surface area contributed by atoms with E-state index in [0.29, 0.717) is 12.5 Å². The average Bonchev–Trinajstić information content (AvgIpc) is 2.95. The van der Waals surface area contributed by atoms with E-state index in [1.54, 1.807) is 0 Å². The van der Waals surface area contributed by atoms with Gasteiger partial charge in [-0.1, -0.05) is 0 Å². The van der Waals surface area contributed by atoms with Crippen molar-refractivity contribution >= 4 is 18.3 Å². The van der Waals surface area contributed by atoms with Gasteiger partial charge < -0.3 is 15.0 Å². The highest BCUT2D eigenvalue weighted by molar-refractivity contribution is 5.85. The van der Waals surface area contributed by atoms with Gasteiger partial charge >= 0.3 is 0 Å². The van der Waals surface area contributed by atoms with E-state index in [4.69, 9.17) is 4.74 Å². The van der Waals surface area contributed by atoms with Crippen LogP contribution in [-0.4, -0.2) is 50.7 Å². The molecule has 2 aliphatic rings. The first kappa shape index (κ1) is 14.7. The summed E-state index contributed by atoms with van der Waals surface area (Å²) in [5, 5.41) is 3.23. The van der Waals surface area contributed by atoms with Gasteiger partial charge in [-0.3, -0.25) is 4.79 Å². The first-order valence-electron chi connectivity index (χ1n) is 6.28. The summed E-state index contributed by atoms with van der Waals surface area (Å²) in [6.07, 6.45) is 3.75. The van der Waals surface area contributed by atoms with Crippen LogP contribution in [0.5, 0.6) is 0 Å². The molecule has 0 aromatic carbocycles. The molecule has 0 radical (unpaired) electrons. The number of nitrogens with zero attached hydrogens (tertiary/aromatic N) is 1. The van der Waals surface area contributed by atoms with Crippen LogP contribution >= 0.6 is 12.4 Å². The lowest BCUT2D eigenvalue weighted by Gasteiger charge is -2.20. The van der Waals surface area contributed by atoms with E-state index in [1.165, 1.54) is 12.8 Å². The van der Waals surface area contributed by atoms with Gasteiger partial charge in [0.2, 0.25) is 5.91 Å². The quantitative estimate of drug-likeness (QED) is 0.774. The highest BCUT2D eigenvalue weighted by Crippen LogP contribution is 2.27. The van der Waals surface area contributed by atoms with E-state index in [1.807, 2.05) is 11.9 Å². The van der Waals surface area contributed by atoms with Crippen LogP contribution in [-0.2, 0) is 9.53 Å². The van der Waals surface area contributed by atoms with Crippen LogP contribution in [0.4, 0.5) is 0 Å². The Balaban J connectivity index is 0.00000144. The van der Waals surface area contributed by atoms with Crippen molar-refractivity contribution in [2.24, 2.45) is 11.8 Å². The minimum absolute atomic E-state index is 0.